The van der Waals surface area contributed by atoms with Crippen molar-refractivity contribution in [3.05, 3.63) is 78.4 Å². The molecule has 5 heteroatoms. The second kappa shape index (κ2) is 10.9. The highest BCUT2D eigenvalue weighted by Crippen LogP contribution is 2.48. The summed E-state index contributed by atoms with van der Waals surface area (Å²) in [6.07, 6.45) is 9.18. The van der Waals surface area contributed by atoms with Crippen LogP contribution in [0.4, 0.5) is 5.69 Å². The minimum Gasteiger partial charge on any atom is -0.326 e. The van der Waals surface area contributed by atoms with E-state index in [4.69, 9.17) is 5.73 Å². The van der Waals surface area contributed by atoms with Crippen LogP contribution < -0.4 is 10.6 Å². The van der Waals surface area contributed by atoms with Crippen LogP contribution in [-0.4, -0.2) is 28.5 Å². The first-order valence-corrected chi connectivity index (χ1v) is 12.5. The fourth-order valence-electron chi connectivity index (χ4n) is 4.50. The topological polar surface area (TPSA) is 72.1 Å². The first-order chi connectivity index (χ1) is 16.5. The SMILES string of the molecule is CCCc1ccc(-c2ccc(N(CC(N)C(C)CC)C(=O)C3CC3c3cnccn3)cc2)cc1. The zero-order valence-corrected chi connectivity index (χ0v) is 20.5. The Kier molecular flexibility index (Phi) is 7.73. The molecule has 2 aromatic carbocycles. The van der Waals surface area contributed by atoms with E-state index in [1.54, 1.807) is 18.6 Å². The first-order valence-electron chi connectivity index (χ1n) is 12.5. The molecule has 0 aliphatic heterocycles. The Hall–Kier alpha value is -3.05. The van der Waals surface area contributed by atoms with Crippen LogP contribution in [0.25, 0.3) is 11.1 Å². The zero-order chi connectivity index (χ0) is 24.1. The summed E-state index contributed by atoms with van der Waals surface area (Å²) in [6, 6.07) is 17.0. The number of hydrogen-bond donors (Lipinski definition) is 1. The Balaban J connectivity index is 1.54. The van der Waals surface area contributed by atoms with Gasteiger partial charge in [0, 0.05) is 48.7 Å². The lowest BCUT2D eigenvalue weighted by Crippen LogP contribution is -2.45. The Bertz CT molecular complexity index is 1070. The molecule has 1 heterocycles. The second-order valence-corrected chi connectivity index (χ2v) is 9.57. The number of anilines is 1. The molecule has 2 N–H and O–H groups in total. The van der Waals surface area contributed by atoms with Gasteiger partial charge in [0.05, 0.1) is 5.69 Å². The Labute approximate surface area is 203 Å². The summed E-state index contributed by atoms with van der Waals surface area (Å²) in [5.74, 6) is 0.549. The van der Waals surface area contributed by atoms with Gasteiger partial charge in [0.1, 0.15) is 0 Å². The number of amides is 1. The van der Waals surface area contributed by atoms with Gasteiger partial charge in [-0.05, 0) is 47.6 Å². The van der Waals surface area contributed by atoms with Gasteiger partial charge in [0.2, 0.25) is 5.91 Å². The standard InChI is InChI=1S/C29H36N4O/c1-4-6-21-7-9-22(10-8-21)23-11-13-24(14-12-23)33(19-27(30)20(3)5-2)29(34)26-17-25(26)28-18-31-15-16-32-28/h7-16,18,20,25-27H,4-6,17,19,30H2,1-3H3. The lowest BCUT2D eigenvalue weighted by atomic mass is 9.98. The van der Waals surface area contributed by atoms with Crippen LogP contribution in [0.5, 0.6) is 0 Å². The number of nitrogens with zero attached hydrogens (tertiary/aromatic N) is 3. The maximum absolute atomic E-state index is 13.6. The molecule has 1 aliphatic carbocycles. The minimum absolute atomic E-state index is 0.0633. The van der Waals surface area contributed by atoms with E-state index in [9.17, 15) is 4.79 Å². The molecule has 34 heavy (non-hydrogen) atoms. The lowest BCUT2D eigenvalue weighted by molar-refractivity contribution is -0.120. The van der Waals surface area contributed by atoms with Crippen molar-refractivity contribution in [1.29, 1.82) is 0 Å². The average Bonchev–Trinajstić information content (AvgIpc) is 3.69. The third-order valence-corrected chi connectivity index (χ3v) is 7.11. The summed E-state index contributed by atoms with van der Waals surface area (Å²) < 4.78 is 0. The van der Waals surface area contributed by atoms with E-state index in [2.05, 4.69) is 79.3 Å². The molecule has 1 amide bonds. The lowest BCUT2D eigenvalue weighted by Gasteiger charge is -2.29. The first kappa shape index (κ1) is 24.1. The molecule has 4 atom stereocenters. The number of aromatic nitrogens is 2. The van der Waals surface area contributed by atoms with Crippen LogP contribution in [0.15, 0.2) is 67.1 Å². The number of carbonyl (C=O) groups is 1. The van der Waals surface area contributed by atoms with Gasteiger partial charge in [-0.2, -0.15) is 0 Å². The van der Waals surface area contributed by atoms with Crippen molar-refractivity contribution in [2.24, 2.45) is 17.6 Å². The van der Waals surface area contributed by atoms with E-state index >= 15 is 0 Å². The highest BCUT2D eigenvalue weighted by Gasteiger charge is 2.47. The van der Waals surface area contributed by atoms with Gasteiger partial charge < -0.3 is 10.6 Å². The van der Waals surface area contributed by atoms with E-state index in [1.165, 1.54) is 11.1 Å². The normalized spacial score (nSPS) is 18.8. The van der Waals surface area contributed by atoms with Gasteiger partial charge in [-0.15, -0.1) is 0 Å². The van der Waals surface area contributed by atoms with Crippen molar-refractivity contribution in [1.82, 2.24) is 9.97 Å². The summed E-state index contributed by atoms with van der Waals surface area (Å²) in [6.45, 7) is 7.01. The number of rotatable bonds is 10. The molecule has 4 unspecified atom stereocenters. The van der Waals surface area contributed by atoms with Crippen LogP contribution in [0.1, 0.15) is 57.2 Å². The summed E-state index contributed by atoms with van der Waals surface area (Å²) in [5.41, 5.74) is 12.0. The van der Waals surface area contributed by atoms with Crippen LogP contribution >= 0.6 is 0 Å². The van der Waals surface area contributed by atoms with Crippen LogP contribution in [-0.2, 0) is 11.2 Å². The van der Waals surface area contributed by atoms with E-state index < -0.39 is 0 Å². The molecule has 1 aromatic heterocycles. The summed E-state index contributed by atoms with van der Waals surface area (Å²) in [7, 11) is 0. The number of carbonyl (C=O) groups excluding carboxylic acids is 1. The molecular weight excluding hydrogens is 420 g/mol. The Morgan fingerprint density at radius 2 is 1.74 bits per heavy atom. The molecule has 0 saturated heterocycles. The molecule has 1 aliphatic rings. The number of aryl methyl sites for hydroxylation is 1. The second-order valence-electron chi connectivity index (χ2n) is 9.57. The molecule has 178 valence electrons. The van der Waals surface area contributed by atoms with E-state index in [-0.39, 0.29) is 23.8 Å². The number of benzene rings is 2. The summed E-state index contributed by atoms with van der Waals surface area (Å²) >= 11 is 0. The Morgan fingerprint density at radius 3 is 2.32 bits per heavy atom. The third kappa shape index (κ3) is 5.53. The third-order valence-electron chi connectivity index (χ3n) is 7.11. The van der Waals surface area contributed by atoms with Crippen LogP contribution in [0, 0.1) is 11.8 Å². The van der Waals surface area contributed by atoms with Gasteiger partial charge in [-0.25, -0.2) is 0 Å². The average molecular weight is 457 g/mol. The number of hydrogen-bond acceptors (Lipinski definition) is 4. The van der Waals surface area contributed by atoms with Crippen molar-refractivity contribution >= 4 is 11.6 Å². The van der Waals surface area contributed by atoms with Crippen molar-refractivity contribution in [3.63, 3.8) is 0 Å². The van der Waals surface area contributed by atoms with E-state index in [0.29, 0.717) is 12.5 Å². The van der Waals surface area contributed by atoms with Crippen molar-refractivity contribution in [2.75, 3.05) is 11.4 Å². The minimum atomic E-state index is -0.0755. The quantitative estimate of drug-likeness (QED) is 0.431. The molecule has 0 bridgehead atoms. The van der Waals surface area contributed by atoms with Gasteiger partial charge in [-0.1, -0.05) is 70.0 Å². The molecule has 5 nitrogen and oxygen atoms in total. The predicted molar refractivity (Wildman–Crippen MR) is 139 cm³/mol. The fourth-order valence-corrected chi connectivity index (χ4v) is 4.50. The maximum Gasteiger partial charge on any atom is 0.230 e. The van der Waals surface area contributed by atoms with Gasteiger partial charge in [0.25, 0.3) is 0 Å². The van der Waals surface area contributed by atoms with Crippen LogP contribution in [0.2, 0.25) is 0 Å². The molecule has 4 rings (SSSR count). The van der Waals surface area contributed by atoms with Gasteiger partial charge in [-0.3, -0.25) is 14.8 Å². The maximum atomic E-state index is 13.6. The highest BCUT2D eigenvalue weighted by molar-refractivity contribution is 5.97. The van der Waals surface area contributed by atoms with Crippen molar-refractivity contribution < 1.29 is 4.79 Å². The number of nitrogens with two attached hydrogens (primary N) is 1. The zero-order valence-electron chi connectivity index (χ0n) is 20.5. The molecule has 1 saturated carbocycles. The smallest absolute Gasteiger partial charge is 0.230 e. The van der Waals surface area contributed by atoms with Crippen molar-refractivity contribution in [3.8, 4) is 11.1 Å². The Morgan fingerprint density at radius 1 is 1.06 bits per heavy atom. The largest absolute Gasteiger partial charge is 0.326 e. The van der Waals surface area contributed by atoms with Crippen molar-refractivity contribution in [2.45, 2.75) is 58.4 Å². The van der Waals surface area contributed by atoms with Gasteiger partial charge in [0.15, 0.2) is 0 Å². The molecule has 3 aromatic rings. The predicted octanol–water partition coefficient (Wildman–Crippen LogP) is 5.61. The molecule has 0 spiro atoms. The molecule has 0 radical (unpaired) electrons. The van der Waals surface area contributed by atoms with E-state index in [1.807, 2.05) is 4.90 Å². The monoisotopic (exact) mass is 456 g/mol. The summed E-state index contributed by atoms with van der Waals surface area (Å²) in [4.78, 5) is 24.1. The molecular formula is C29H36N4O. The van der Waals surface area contributed by atoms with Crippen LogP contribution in [0.3, 0.4) is 0 Å². The summed E-state index contributed by atoms with van der Waals surface area (Å²) in [5, 5.41) is 0. The van der Waals surface area contributed by atoms with Gasteiger partial charge >= 0.3 is 0 Å². The van der Waals surface area contributed by atoms with E-state index in [0.717, 1.165) is 42.6 Å². The fraction of sp³-hybridized carbons (Fsp3) is 0.414. The highest BCUT2D eigenvalue weighted by atomic mass is 16.2. The molecule has 1 fully saturated rings.